The van der Waals surface area contributed by atoms with Crippen molar-refractivity contribution in [1.29, 1.82) is 0 Å². The third-order valence-corrected chi connectivity index (χ3v) is 4.99. The van der Waals surface area contributed by atoms with Gasteiger partial charge in [-0.15, -0.1) is 0 Å². The Morgan fingerprint density at radius 1 is 1.17 bits per heavy atom. The highest BCUT2D eigenvalue weighted by atomic mass is 16.6. The van der Waals surface area contributed by atoms with Crippen LogP contribution in [0.25, 0.3) is 0 Å². The molecule has 2 amide bonds. The predicted octanol–water partition coefficient (Wildman–Crippen LogP) is 3.20. The molecular weight excluding hydrogens is 388 g/mol. The number of benzene rings is 2. The highest BCUT2D eigenvalue weighted by Crippen LogP contribution is 2.29. The number of likely N-dealkylation sites (tertiary alicyclic amines) is 1. The molecule has 2 N–H and O–H groups in total. The van der Waals surface area contributed by atoms with Crippen molar-refractivity contribution in [3.63, 3.8) is 0 Å². The maximum atomic E-state index is 12.9. The van der Waals surface area contributed by atoms with Crippen LogP contribution in [0.2, 0.25) is 0 Å². The number of amides is 2. The average molecular weight is 412 g/mol. The zero-order valence-corrected chi connectivity index (χ0v) is 16.9. The number of rotatable bonds is 7. The summed E-state index contributed by atoms with van der Waals surface area (Å²) < 4.78 is 5.13. The zero-order chi connectivity index (χ0) is 21.7. The van der Waals surface area contributed by atoms with Crippen LogP contribution in [0.3, 0.4) is 0 Å². The Hall–Kier alpha value is -3.62. The van der Waals surface area contributed by atoms with Gasteiger partial charge in [0.25, 0.3) is 11.6 Å². The molecule has 2 aromatic carbocycles. The lowest BCUT2D eigenvalue weighted by Gasteiger charge is -2.20. The van der Waals surface area contributed by atoms with E-state index in [4.69, 9.17) is 4.74 Å². The third-order valence-electron chi connectivity index (χ3n) is 4.99. The number of aryl methyl sites for hydroxylation is 1. The van der Waals surface area contributed by atoms with Crippen LogP contribution in [0.1, 0.15) is 28.8 Å². The van der Waals surface area contributed by atoms with E-state index < -0.39 is 4.92 Å². The van der Waals surface area contributed by atoms with Gasteiger partial charge in [-0.05, 0) is 37.5 Å². The van der Waals surface area contributed by atoms with Crippen molar-refractivity contribution in [1.82, 2.24) is 4.90 Å². The molecule has 2 aromatic rings. The summed E-state index contributed by atoms with van der Waals surface area (Å²) in [5, 5.41) is 16.6. The van der Waals surface area contributed by atoms with Crippen LogP contribution in [0.4, 0.5) is 17.1 Å². The number of carbonyl (C=O) groups excluding carboxylic acids is 2. The molecule has 0 radical (unpaired) electrons. The summed E-state index contributed by atoms with van der Waals surface area (Å²) in [5.41, 5.74) is 2.20. The molecular formula is C21H24N4O5. The molecule has 1 fully saturated rings. The minimum atomic E-state index is -0.535. The molecule has 9 nitrogen and oxygen atoms in total. The van der Waals surface area contributed by atoms with E-state index in [-0.39, 0.29) is 29.8 Å². The van der Waals surface area contributed by atoms with Crippen molar-refractivity contribution < 1.29 is 19.2 Å². The Morgan fingerprint density at radius 3 is 2.57 bits per heavy atom. The topological polar surface area (TPSA) is 114 Å². The number of nitro benzene ring substituents is 1. The van der Waals surface area contributed by atoms with Crippen LogP contribution < -0.4 is 15.4 Å². The molecule has 1 aliphatic heterocycles. The molecule has 0 unspecified atom stereocenters. The second-order valence-corrected chi connectivity index (χ2v) is 7.04. The summed E-state index contributed by atoms with van der Waals surface area (Å²) in [6, 6.07) is 9.43. The molecule has 3 rings (SSSR count). The second kappa shape index (κ2) is 9.25. The van der Waals surface area contributed by atoms with Gasteiger partial charge < -0.3 is 20.3 Å². The molecule has 9 heteroatoms. The van der Waals surface area contributed by atoms with Crippen LogP contribution >= 0.6 is 0 Å². The molecule has 0 bridgehead atoms. The van der Waals surface area contributed by atoms with Crippen molar-refractivity contribution in [2.24, 2.45) is 0 Å². The summed E-state index contributed by atoms with van der Waals surface area (Å²) in [5.74, 6) is -0.216. The van der Waals surface area contributed by atoms with Crippen LogP contribution in [0, 0.1) is 17.0 Å². The summed E-state index contributed by atoms with van der Waals surface area (Å²) in [6.45, 7) is 3.28. The molecule has 0 aromatic heterocycles. The van der Waals surface area contributed by atoms with E-state index in [0.29, 0.717) is 16.9 Å². The number of anilines is 2. The highest BCUT2D eigenvalue weighted by molar-refractivity contribution is 6.02. The third kappa shape index (κ3) is 4.68. The van der Waals surface area contributed by atoms with Gasteiger partial charge >= 0.3 is 0 Å². The summed E-state index contributed by atoms with van der Waals surface area (Å²) in [7, 11) is 1.37. The first-order valence-corrected chi connectivity index (χ1v) is 9.65. The normalized spacial score (nSPS) is 13.1. The van der Waals surface area contributed by atoms with E-state index in [1.54, 1.807) is 6.07 Å². The van der Waals surface area contributed by atoms with Crippen LogP contribution in [-0.4, -0.2) is 48.4 Å². The molecule has 0 atom stereocenters. The van der Waals surface area contributed by atoms with Crippen LogP contribution in [-0.2, 0) is 4.79 Å². The Kier molecular flexibility index (Phi) is 6.51. The van der Waals surface area contributed by atoms with Gasteiger partial charge in [-0.25, -0.2) is 0 Å². The highest BCUT2D eigenvalue weighted by Gasteiger charge is 2.23. The monoisotopic (exact) mass is 412 g/mol. The van der Waals surface area contributed by atoms with Crippen molar-refractivity contribution in [2.45, 2.75) is 19.8 Å². The lowest BCUT2D eigenvalue weighted by molar-refractivity contribution is -0.384. The Bertz CT molecular complexity index is 970. The van der Waals surface area contributed by atoms with Crippen LogP contribution in [0.15, 0.2) is 36.4 Å². The molecule has 0 saturated carbocycles. The minimum Gasteiger partial charge on any atom is -0.494 e. The van der Waals surface area contributed by atoms with E-state index in [0.717, 1.165) is 31.5 Å². The number of nitrogens with zero attached hydrogens (tertiary/aromatic N) is 2. The fraction of sp³-hybridized carbons (Fsp3) is 0.333. The van der Waals surface area contributed by atoms with E-state index in [1.165, 1.54) is 25.3 Å². The maximum Gasteiger partial charge on any atom is 0.273 e. The number of hydrogen-bond acceptors (Lipinski definition) is 6. The SMILES string of the molecule is COc1cc([N+](=O)[O-])ccc1NC(=O)CNc1cccc(C)c1C(=O)N1CCCC1. The fourth-order valence-electron chi connectivity index (χ4n) is 3.44. The van der Waals surface area contributed by atoms with E-state index in [9.17, 15) is 19.7 Å². The quantitative estimate of drug-likeness (QED) is 0.533. The van der Waals surface area contributed by atoms with Gasteiger partial charge in [0.15, 0.2) is 0 Å². The smallest absolute Gasteiger partial charge is 0.273 e. The fourth-order valence-corrected chi connectivity index (χ4v) is 3.44. The number of carbonyl (C=O) groups is 2. The van der Waals surface area contributed by atoms with Crippen LogP contribution in [0.5, 0.6) is 5.75 Å². The molecule has 0 aliphatic carbocycles. The first-order chi connectivity index (χ1) is 14.4. The van der Waals surface area contributed by atoms with Gasteiger partial charge in [0.2, 0.25) is 5.91 Å². The van der Waals surface area contributed by atoms with E-state index in [1.807, 2.05) is 24.0 Å². The number of ether oxygens (including phenoxy) is 1. The van der Waals surface area contributed by atoms with Gasteiger partial charge in [-0.1, -0.05) is 12.1 Å². The Labute approximate surface area is 174 Å². The standard InChI is InChI=1S/C21H24N4O5/c1-14-6-5-7-17(20(14)21(27)24-10-3-4-11-24)22-13-19(26)23-16-9-8-15(25(28)29)12-18(16)30-2/h5-9,12,22H,3-4,10-11,13H2,1-2H3,(H,23,26). The van der Waals surface area contributed by atoms with E-state index >= 15 is 0 Å². The Morgan fingerprint density at radius 2 is 1.90 bits per heavy atom. The molecule has 1 aliphatic rings. The van der Waals surface area contributed by atoms with Crippen molar-refractivity contribution in [3.8, 4) is 5.75 Å². The lowest BCUT2D eigenvalue weighted by atomic mass is 10.0. The first kappa shape index (κ1) is 21.1. The van der Waals surface area contributed by atoms with Gasteiger partial charge in [-0.2, -0.15) is 0 Å². The molecule has 1 heterocycles. The van der Waals surface area contributed by atoms with E-state index in [2.05, 4.69) is 10.6 Å². The zero-order valence-electron chi connectivity index (χ0n) is 16.9. The van der Waals surface area contributed by atoms with Gasteiger partial charge in [0, 0.05) is 24.8 Å². The summed E-state index contributed by atoms with van der Waals surface area (Å²) in [4.78, 5) is 37.5. The van der Waals surface area contributed by atoms with Gasteiger partial charge in [0.1, 0.15) is 5.75 Å². The predicted molar refractivity (Wildman–Crippen MR) is 113 cm³/mol. The van der Waals surface area contributed by atoms with Gasteiger partial charge in [-0.3, -0.25) is 19.7 Å². The number of non-ortho nitro benzene ring substituents is 1. The number of nitrogens with one attached hydrogen (secondary N) is 2. The summed E-state index contributed by atoms with van der Waals surface area (Å²) >= 11 is 0. The average Bonchev–Trinajstić information content (AvgIpc) is 3.27. The molecule has 0 spiro atoms. The number of hydrogen-bond donors (Lipinski definition) is 2. The van der Waals surface area contributed by atoms with Crippen molar-refractivity contribution in [2.75, 3.05) is 37.4 Å². The largest absolute Gasteiger partial charge is 0.494 e. The maximum absolute atomic E-state index is 12.9. The lowest BCUT2D eigenvalue weighted by Crippen LogP contribution is -2.30. The molecule has 1 saturated heterocycles. The summed E-state index contributed by atoms with van der Waals surface area (Å²) in [6.07, 6.45) is 2.00. The molecule has 30 heavy (non-hydrogen) atoms. The first-order valence-electron chi connectivity index (χ1n) is 9.65. The Balaban J connectivity index is 1.70. The minimum absolute atomic E-state index is 0.0365. The second-order valence-electron chi connectivity index (χ2n) is 7.04. The van der Waals surface area contributed by atoms with Crippen molar-refractivity contribution in [3.05, 3.63) is 57.6 Å². The van der Waals surface area contributed by atoms with Crippen molar-refractivity contribution >= 4 is 28.9 Å². The van der Waals surface area contributed by atoms with Gasteiger partial charge in [0.05, 0.1) is 35.9 Å². The molecule has 158 valence electrons. The number of nitro groups is 1. The number of methoxy groups -OCH3 is 1.